The number of nitrogens with one attached hydrogen (secondary N) is 1. The van der Waals surface area contributed by atoms with Gasteiger partial charge in [-0.1, -0.05) is 12.2 Å². The van der Waals surface area contributed by atoms with E-state index in [4.69, 9.17) is 0 Å². The Morgan fingerprint density at radius 1 is 1.80 bits per heavy atom. The predicted molar refractivity (Wildman–Crippen MR) is 40.5 cm³/mol. The fraction of sp³-hybridized carbons (Fsp3) is 0.625. The van der Waals surface area contributed by atoms with Gasteiger partial charge in [0.25, 0.3) is 0 Å². The first-order valence-electron chi connectivity index (χ1n) is 3.59. The number of carbonyl (C=O) groups is 1. The van der Waals surface area contributed by atoms with Gasteiger partial charge >= 0.3 is 0 Å². The number of amides is 1. The van der Waals surface area contributed by atoms with Crippen LogP contribution in [0.1, 0.15) is 19.8 Å². The highest BCUT2D eigenvalue weighted by Gasteiger charge is 2.20. The monoisotopic (exact) mass is 139 g/mol. The van der Waals surface area contributed by atoms with Crippen molar-refractivity contribution in [2.24, 2.45) is 5.92 Å². The molecule has 2 heteroatoms. The van der Waals surface area contributed by atoms with Gasteiger partial charge in [0.05, 0.1) is 0 Å². The van der Waals surface area contributed by atoms with E-state index < -0.39 is 0 Å². The Bertz CT molecular complexity index is 155. The molecule has 2 nitrogen and oxygen atoms in total. The molecule has 0 atom stereocenters. The Hall–Kier alpha value is -0.790. The number of rotatable bonds is 2. The zero-order chi connectivity index (χ0) is 7.56. The van der Waals surface area contributed by atoms with Crippen LogP contribution in [0.5, 0.6) is 0 Å². The van der Waals surface area contributed by atoms with Crippen LogP contribution in [0.25, 0.3) is 0 Å². The lowest BCUT2D eigenvalue weighted by atomic mass is 9.81. The van der Waals surface area contributed by atoms with Gasteiger partial charge < -0.3 is 5.32 Å². The van der Waals surface area contributed by atoms with E-state index in [1.807, 2.05) is 0 Å². The van der Waals surface area contributed by atoms with Crippen molar-refractivity contribution >= 4 is 5.91 Å². The maximum absolute atomic E-state index is 10.4. The minimum absolute atomic E-state index is 0.0671. The van der Waals surface area contributed by atoms with E-state index in [-0.39, 0.29) is 5.91 Å². The van der Waals surface area contributed by atoms with Crippen molar-refractivity contribution in [1.82, 2.24) is 5.32 Å². The van der Waals surface area contributed by atoms with E-state index in [1.54, 1.807) is 6.92 Å². The SMILES string of the molecule is C=C1CC(CNC(C)=O)C1. The standard InChI is InChI=1S/C8H13NO/c1-6-3-8(4-6)5-9-7(2)10/h8H,1,3-5H2,2H3,(H,9,10). The van der Waals surface area contributed by atoms with Gasteiger partial charge in [-0.2, -0.15) is 0 Å². The van der Waals surface area contributed by atoms with Crippen LogP contribution in [0.15, 0.2) is 12.2 Å². The Morgan fingerprint density at radius 2 is 2.40 bits per heavy atom. The number of hydrogen-bond donors (Lipinski definition) is 1. The molecule has 10 heavy (non-hydrogen) atoms. The average molecular weight is 139 g/mol. The van der Waals surface area contributed by atoms with Gasteiger partial charge in [-0.3, -0.25) is 4.79 Å². The maximum Gasteiger partial charge on any atom is 0.216 e. The van der Waals surface area contributed by atoms with Crippen molar-refractivity contribution in [2.45, 2.75) is 19.8 Å². The molecule has 0 saturated heterocycles. The topological polar surface area (TPSA) is 29.1 Å². The van der Waals surface area contributed by atoms with Crippen LogP contribution in [0.3, 0.4) is 0 Å². The molecule has 1 aliphatic carbocycles. The first-order chi connectivity index (χ1) is 4.68. The third kappa shape index (κ3) is 1.87. The van der Waals surface area contributed by atoms with E-state index in [0.29, 0.717) is 5.92 Å². The van der Waals surface area contributed by atoms with Gasteiger partial charge in [0, 0.05) is 13.5 Å². The zero-order valence-corrected chi connectivity index (χ0v) is 6.31. The summed E-state index contributed by atoms with van der Waals surface area (Å²) in [6, 6.07) is 0. The molecular formula is C8H13NO. The van der Waals surface area contributed by atoms with Crippen molar-refractivity contribution in [1.29, 1.82) is 0 Å². The summed E-state index contributed by atoms with van der Waals surface area (Å²) in [5, 5.41) is 2.79. The van der Waals surface area contributed by atoms with Gasteiger partial charge in [-0.05, 0) is 18.8 Å². The van der Waals surface area contributed by atoms with Crippen LogP contribution < -0.4 is 5.32 Å². The summed E-state index contributed by atoms with van der Waals surface area (Å²) in [6.07, 6.45) is 2.19. The molecule has 0 aromatic heterocycles. The number of hydrogen-bond acceptors (Lipinski definition) is 1. The fourth-order valence-electron chi connectivity index (χ4n) is 1.19. The fourth-order valence-corrected chi connectivity index (χ4v) is 1.19. The van der Waals surface area contributed by atoms with E-state index >= 15 is 0 Å². The normalized spacial score (nSPS) is 18.3. The second kappa shape index (κ2) is 2.86. The highest BCUT2D eigenvalue weighted by molar-refractivity contribution is 5.72. The van der Waals surface area contributed by atoms with Crippen molar-refractivity contribution in [2.75, 3.05) is 6.54 Å². The van der Waals surface area contributed by atoms with Crippen LogP contribution in [0.4, 0.5) is 0 Å². The molecule has 0 bridgehead atoms. The lowest BCUT2D eigenvalue weighted by Crippen LogP contribution is -2.31. The summed E-state index contributed by atoms with van der Waals surface area (Å²) in [4.78, 5) is 10.4. The summed E-state index contributed by atoms with van der Waals surface area (Å²) in [6.45, 7) is 6.20. The Labute approximate surface area is 61.3 Å². The maximum atomic E-state index is 10.4. The quantitative estimate of drug-likeness (QED) is 0.570. The van der Waals surface area contributed by atoms with Crippen LogP contribution in [0.2, 0.25) is 0 Å². The molecular weight excluding hydrogens is 126 g/mol. The van der Waals surface area contributed by atoms with Gasteiger partial charge in [-0.25, -0.2) is 0 Å². The molecule has 0 spiro atoms. The van der Waals surface area contributed by atoms with Gasteiger partial charge in [0.2, 0.25) is 5.91 Å². The summed E-state index contributed by atoms with van der Waals surface area (Å²) in [5.41, 5.74) is 1.32. The molecule has 0 aliphatic heterocycles. The van der Waals surface area contributed by atoms with E-state index in [2.05, 4.69) is 11.9 Å². The molecule has 1 rings (SSSR count). The van der Waals surface area contributed by atoms with Crippen LogP contribution in [-0.4, -0.2) is 12.5 Å². The lowest BCUT2D eigenvalue weighted by Gasteiger charge is -2.28. The predicted octanol–water partition coefficient (Wildman–Crippen LogP) is 1.09. The summed E-state index contributed by atoms with van der Waals surface area (Å²) in [5.74, 6) is 0.730. The average Bonchev–Trinajstić information content (AvgIpc) is 1.77. The van der Waals surface area contributed by atoms with E-state index in [1.165, 1.54) is 5.57 Å². The molecule has 1 N–H and O–H groups in total. The minimum Gasteiger partial charge on any atom is -0.356 e. The second-order valence-electron chi connectivity index (χ2n) is 2.96. The molecule has 0 aromatic carbocycles. The van der Waals surface area contributed by atoms with Crippen LogP contribution in [0, 0.1) is 5.92 Å². The van der Waals surface area contributed by atoms with Crippen LogP contribution in [-0.2, 0) is 4.79 Å². The molecule has 56 valence electrons. The first kappa shape index (κ1) is 7.32. The molecule has 1 aliphatic rings. The third-order valence-electron chi connectivity index (χ3n) is 1.79. The summed E-state index contributed by atoms with van der Waals surface area (Å²) >= 11 is 0. The van der Waals surface area contributed by atoms with Crippen LogP contribution >= 0.6 is 0 Å². The smallest absolute Gasteiger partial charge is 0.216 e. The summed E-state index contributed by atoms with van der Waals surface area (Å²) in [7, 11) is 0. The highest BCUT2D eigenvalue weighted by Crippen LogP contribution is 2.30. The lowest BCUT2D eigenvalue weighted by molar-refractivity contribution is -0.119. The number of allylic oxidation sites excluding steroid dienone is 1. The van der Waals surface area contributed by atoms with E-state index in [0.717, 1.165) is 19.4 Å². The largest absolute Gasteiger partial charge is 0.356 e. The zero-order valence-electron chi connectivity index (χ0n) is 6.31. The number of carbonyl (C=O) groups excluding carboxylic acids is 1. The molecule has 1 fully saturated rings. The second-order valence-corrected chi connectivity index (χ2v) is 2.96. The third-order valence-corrected chi connectivity index (χ3v) is 1.79. The molecule has 0 unspecified atom stereocenters. The molecule has 1 amide bonds. The Morgan fingerprint density at radius 3 is 2.80 bits per heavy atom. The van der Waals surface area contributed by atoms with E-state index in [9.17, 15) is 4.79 Å². The Kier molecular flexibility index (Phi) is 2.10. The molecule has 0 radical (unpaired) electrons. The molecule has 0 aromatic rings. The van der Waals surface area contributed by atoms with Crippen molar-refractivity contribution in [3.8, 4) is 0 Å². The first-order valence-corrected chi connectivity index (χ1v) is 3.59. The van der Waals surface area contributed by atoms with Crippen molar-refractivity contribution < 1.29 is 4.79 Å². The minimum atomic E-state index is 0.0671. The Balaban J connectivity index is 2.05. The molecule has 1 saturated carbocycles. The van der Waals surface area contributed by atoms with Gasteiger partial charge in [-0.15, -0.1) is 0 Å². The van der Waals surface area contributed by atoms with Gasteiger partial charge in [0.1, 0.15) is 0 Å². The van der Waals surface area contributed by atoms with Crippen molar-refractivity contribution in [3.05, 3.63) is 12.2 Å². The van der Waals surface area contributed by atoms with Crippen molar-refractivity contribution in [3.63, 3.8) is 0 Å². The molecule has 0 heterocycles. The summed E-state index contributed by atoms with van der Waals surface area (Å²) < 4.78 is 0. The highest BCUT2D eigenvalue weighted by atomic mass is 16.1. The van der Waals surface area contributed by atoms with Gasteiger partial charge in [0.15, 0.2) is 0 Å².